The second-order valence-corrected chi connectivity index (χ2v) is 23.3. The number of hydrogen-bond donors (Lipinski definition) is 9. The quantitative estimate of drug-likeness (QED) is 0.0247. The summed E-state index contributed by atoms with van der Waals surface area (Å²) < 4.78 is 11.0. The number of nitrogens with zero attached hydrogens (tertiary/aromatic N) is 5. The van der Waals surface area contributed by atoms with E-state index >= 15 is 0 Å². The van der Waals surface area contributed by atoms with Crippen molar-refractivity contribution in [2.75, 3.05) is 36.9 Å². The van der Waals surface area contributed by atoms with Crippen LogP contribution >= 0.6 is 22.6 Å². The predicted octanol–water partition coefficient (Wildman–Crippen LogP) is 4.32. The number of amides is 7. The molecule has 78 heavy (non-hydrogen) atoms. The van der Waals surface area contributed by atoms with Crippen molar-refractivity contribution in [1.82, 2.24) is 45.7 Å². The first kappa shape index (κ1) is 61.4. The van der Waals surface area contributed by atoms with Crippen LogP contribution in [0.25, 0.3) is 11.2 Å². The average molecular weight is 1200 g/mol. The minimum atomic E-state index is -1.53. The van der Waals surface area contributed by atoms with E-state index in [1.165, 1.54) is 18.2 Å². The first-order valence-electron chi connectivity index (χ1n) is 27.1. The van der Waals surface area contributed by atoms with Crippen molar-refractivity contribution < 1.29 is 58.4 Å². The number of carbonyl (C=O) groups is 7. The standard InChI is InChI=1S/C54H78IN11O12/c1-9-12-34(11-3)46-62-43-47(63-46)56-28-57-48(43)64-51-45(72)44(71)42(37(26-67)78-51)61-39(69)22-33-17-20-65(25-33)53(76)77-27-32-13-15-35(16-14-32)59-49(73)31(8)58-50(74)41(30(6)7)60-38(68)18-21-66-40(70)23-36(52(66)75)54(55,19-10-2)24-29(4)5/h13-16,24,28,30-31,33-34,36-37,41-42,44-45,51,67,71-72H,9-12,17-23,25-27H2,1-8H3,(H,58,74)(H,59,73)(H,60,68)(H,61,69)(H2,56,57,62,63,64)/t31-,33-,34?,36?,37-,41-,42-,44+,45-,51-,54?/m0/s1. The van der Waals surface area contributed by atoms with Crippen molar-refractivity contribution in [2.24, 2.45) is 17.8 Å². The first-order chi connectivity index (χ1) is 37.1. The number of imide groups is 1. The number of ether oxygens (including phenoxy) is 2. The maximum atomic E-state index is 13.5. The number of aliphatic hydroxyl groups excluding tert-OH is 3. The summed E-state index contributed by atoms with van der Waals surface area (Å²) in [5, 5.41) is 46.5. The zero-order valence-corrected chi connectivity index (χ0v) is 48.0. The number of hydrogen-bond acceptors (Lipinski definition) is 16. The fourth-order valence-corrected chi connectivity index (χ4v) is 11.9. The van der Waals surface area contributed by atoms with E-state index in [0.717, 1.165) is 48.4 Å². The van der Waals surface area contributed by atoms with Crippen molar-refractivity contribution in [3.8, 4) is 0 Å². The molecule has 6 rings (SSSR count). The summed E-state index contributed by atoms with van der Waals surface area (Å²) in [7, 11) is 0. The number of anilines is 2. The Kier molecular flexibility index (Phi) is 21.9. The first-order valence-corrected chi connectivity index (χ1v) is 28.2. The van der Waals surface area contributed by atoms with Crippen molar-refractivity contribution in [3.63, 3.8) is 0 Å². The number of aliphatic hydroxyl groups is 3. The summed E-state index contributed by atoms with van der Waals surface area (Å²) >= 11 is 2.27. The van der Waals surface area contributed by atoms with Crippen LogP contribution in [0.5, 0.6) is 0 Å². The number of allylic oxidation sites excluding steroid dienone is 2. The Morgan fingerprint density at radius 1 is 0.987 bits per heavy atom. The van der Waals surface area contributed by atoms with Gasteiger partial charge in [-0.15, -0.1) is 0 Å². The van der Waals surface area contributed by atoms with Crippen LogP contribution in [0.15, 0.2) is 42.2 Å². The molecule has 23 nitrogen and oxygen atoms in total. The molecule has 3 fully saturated rings. The van der Waals surface area contributed by atoms with Crippen molar-refractivity contribution in [2.45, 2.75) is 172 Å². The Morgan fingerprint density at radius 2 is 1.72 bits per heavy atom. The van der Waals surface area contributed by atoms with E-state index in [1.807, 2.05) is 26.8 Å². The van der Waals surface area contributed by atoms with Gasteiger partial charge in [-0.3, -0.25) is 33.7 Å². The fourth-order valence-electron chi connectivity index (χ4n) is 10.3. The van der Waals surface area contributed by atoms with E-state index in [1.54, 1.807) is 38.1 Å². The number of fused-ring (bicyclic) bond motifs is 1. The van der Waals surface area contributed by atoms with Gasteiger partial charge in [0.25, 0.3) is 0 Å². The van der Waals surface area contributed by atoms with E-state index in [0.29, 0.717) is 35.4 Å². The van der Waals surface area contributed by atoms with Gasteiger partial charge in [-0.05, 0) is 76.0 Å². The number of aromatic nitrogens is 4. The minimum Gasteiger partial charge on any atom is -0.445 e. The average Bonchev–Trinajstić information content (AvgIpc) is 4.24. The Bertz CT molecular complexity index is 2630. The van der Waals surface area contributed by atoms with Gasteiger partial charge in [-0.2, -0.15) is 0 Å². The Morgan fingerprint density at radius 3 is 2.37 bits per heavy atom. The van der Waals surface area contributed by atoms with Gasteiger partial charge in [-0.25, -0.2) is 19.7 Å². The van der Waals surface area contributed by atoms with Gasteiger partial charge >= 0.3 is 6.09 Å². The van der Waals surface area contributed by atoms with Crippen LogP contribution in [-0.2, 0) is 44.8 Å². The number of rotatable bonds is 25. The number of imidazole rings is 1. The molecule has 3 unspecified atom stereocenters. The fraction of sp³-hybridized carbons (Fsp3) is 0.630. The summed E-state index contributed by atoms with van der Waals surface area (Å²) in [6.45, 7) is 14.9. The zero-order chi connectivity index (χ0) is 57.0. The predicted molar refractivity (Wildman–Crippen MR) is 297 cm³/mol. The highest BCUT2D eigenvalue weighted by molar-refractivity contribution is 14.1. The lowest BCUT2D eigenvalue weighted by atomic mass is 9.85. The molecule has 11 atom stereocenters. The third-order valence-electron chi connectivity index (χ3n) is 14.5. The topological polar surface area (TPSA) is 320 Å². The lowest BCUT2D eigenvalue weighted by Gasteiger charge is -2.42. The van der Waals surface area contributed by atoms with E-state index < -0.39 is 88.3 Å². The van der Waals surface area contributed by atoms with Gasteiger partial charge in [0.05, 0.1) is 22.0 Å². The molecule has 5 heterocycles. The highest BCUT2D eigenvalue weighted by atomic mass is 127. The molecule has 0 saturated carbocycles. The van der Waals surface area contributed by atoms with Gasteiger partial charge in [0.2, 0.25) is 35.4 Å². The second-order valence-electron chi connectivity index (χ2n) is 21.3. The van der Waals surface area contributed by atoms with Crippen molar-refractivity contribution in [1.29, 1.82) is 0 Å². The molecule has 2 aromatic heterocycles. The SMILES string of the molecule is CCCC(CC)c1nc2ncnc(N[C@H]3O[C@@H](CO)[C@H](NC(=O)C[C@@H]4CCN(C(=O)OCc5ccc(NC(=O)[C@H](C)NC(=O)[C@@H](NC(=O)CCN6C(=O)CC(C(I)(C=C(C)C)CCC)C6=O)C(C)C)cc5)C4)[C@@H](O)[C@@H]3O)c2[nH]1. The highest BCUT2D eigenvalue weighted by Crippen LogP contribution is 2.42. The molecule has 0 spiro atoms. The van der Waals surface area contributed by atoms with E-state index in [2.05, 4.69) is 83.0 Å². The summed E-state index contributed by atoms with van der Waals surface area (Å²) in [6, 6.07) is 3.42. The maximum Gasteiger partial charge on any atom is 0.410 e. The molecule has 1 aromatic carbocycles. The smallest absolute Gasteiger partial charge is 0.410 e. The normalized spacial score (nSPS) is 23.3. The lowest BCUT2D eigenvalue weighted by Crippen LogP contribution is -2.65. The monoisotopic (exact) mass is 1200 g/mol. The number of carbonyl (C=O) groups excluding carboxylic acids is 7. The molecule has 0 bridgehead atoms. The summed E-state index contributed by atoms with van der Waals surface area (Å²) in [5.74, 6) is -2.60. The summed E-state index contributed by atoms with van der Waals surface area (Å²) in [4.78, 5) is 112. The number of nitrogens with one attached hydrogen (secondary N) is 6. The molecule has 24 heteroatoms. The van der Waals surface area contributed by atoms with Gasteiger partial charge in [-0.1, -0.05) is 93.8 Å². The molecule has 0 aliphatic carbocycles. The van der Waals surface area contributed by atoms with Gasteiger partial charge in [0.15, 0.2) is 17.7 Å². The largest absolute Gasteiger partial charge is 0.445 e. The number of halogens is 1. The number of H-pyrrole nitrogens is 1. The second kappa shape index (κ2) is 27.9. The van der Waals surface area contributed by atoms with Gasteiger partial charge in [0.1, 0.15) is 54.7 Å². The lowest BCUT2D eigenvalue weighted by molar-refractivity contribution is -0.185. The van der Waals surface area contributed by atoms with Crippen LogP contribution in [-0.4, -0.2) is 159 Å². The zero-order valence-electron chi connectivity index (χ0n) is 45.8. The molecule has 3 aliphatic rings. The van der Waals surface area contributed by atoms with Crippen molar-refractivity contribution >= 4 is 86.8 Å². The number of benzene rings is 1. The van der Waals surface area contributed by atoms with Gasteiger partial charge < -0.3 is 61.3 Å². The number of alkyl halides is 1. The third kappa shape index (κ3) is 15.5. The van der Waals surface area contributed by atoms with E-state index in [-0.39, 0.29) is 74.3 Å². The molecule has 3 aliphatic heterocycles. The Labute approximate surface area is 468 Å². The third-order valence-corrected chi connectivity index (χ3v) is 16.1. The molecule has 0 radical (unpaired) electrons. The van der Waals surface area contributed by atoms with E-state index in [4.69, 9.17) is 9.47 Å². The van der Waals surface area contributed by atoms with E-state index in [9.17, 15) is 48.9 Å². The van der Waals surface area contributed by atoms with Crippen LogP contribution in [0.1, 0.15) is 130 Å². The highest BCUT2D eigenvalue weighted by Gasteiger charge is 2.49. The number of likely N-dealkylation sites (tertiary alicyclic amines) is 2. The Balaban J connectivity index is 0.907. The van der Waals surface area contributed by atoms with Crippen LogP contribution in [0, 0.1) is 17.8 Å². The molecule has 9 N–H and O–H groups in total. The van der Waals surface area contributed by atoms with Crippen LogP contribution < -0.4 is 26.6 Å². The van der Waals surface area contributed by atoms with Crippen molar-refractivity contribution in [3.05, 3.63) is 53.6 Å². The van der Waals surface area contributed by atoms with Crippen LogP contribution in [0.4, 0.5) is 16.3 Å². The summed E-state index contributed by atoms with van der Waals surface area (Å²) in [6.07, 6.45) is 2.15. The Hall–Kier alpha value is -5.83. The molecule has 3 saturated heterocycles. The number of aromatic amines is 1. The minimum absolute atomic E-state index is 0.00489. The molecule has 3 aromatic rings. The molecular formula is C54H78IN11O12. The van der Waals surface area contributed by atoms with Crippen LogP contribution in [0.2, 0.25) is 0 Å². The molecule has 428 valence electrons. The summed E-state index contributed by atoms with van der Waals surface area (Å²) in [5.41, 5.74) is 3.02. The maximum absolute atomic E-state index is 13.5. The van der Waals surface area contributed by atoms with Gasteiger partial charge in [0, 0.05) is 50.5 Å². The van der Waals surface area contributed by atoms with Crippen LogP contribution in [0.3, 0.4) is 0 Å². The molecular weight excluding hydrogens is 1120 g/mol. The molecule has 7 amide bonds.